The van der Waals surface area contributed by atoms with Gasteiger partial charge in [0, 0.05) is 0 Å². The molecule has 2 heteroatoms. The summed E-state index contributed by atoms with van der Waals surface area (Å²) < 4.78 is 0. The van der Waals surface area contributed by atoms with Crippen LogP contribution in [-0.2, 0) is 0 Å². The summed E-state index contributed by atoms with van der Waals surface area (Å²) in [6.07, 6.45) is 1.75. The van der Waals surface area contributed by atoms with Gasteiger partial charge in [0.2, 0.25) is 0 Å². The van der Waals surface area contributed by atoms with Gasteiger partial charge in [-0.25, -0.2) is 0 Å². The number of hydrogen-bond donors (Lipinski definition) is 0. The Labute approximate surface area is 99.6 Å². The maximum Gasteiger partial charge on any atom is 0.129 e. The average Bonchev–Trinajstić information content (AvgIpc) is 2.24. The number of rotatable bonds is 2. The van der Waals surface area contributed by atoms with Crippen molar-refractivity contribution in [2.75, 3.05) is 0 Å². The van der Waals surface area contributed by atoms with Gasteiger partial charge in [-0.2, -0.15) is 0 Å². The highest BCUT2D eigenvalue weighted by atomic mass is 28.3. The molecule has 0 aliphatic carbocycles. The van der Waals surface area contributed by atoms with Gasteiger partial charge >= 0.3 is 0 Å². The molecule has 1 atom stereocenters. The van der Waals surface area contributed by atoms with Crippen LogP contribution in [0.4, 0.5) is 0 Å². The third-order valence-corrected chi connectivity index (χ3v) is 2.99. The second kappa shape index (κ2) is 5.67. The zero-order valence-corrected chi connectivity index (χ0v) is 11.5. The van der Waals surface area contributed by atoms with Crippen molar-refractivity contribution in [2.45, 2.75) is 32.6 Å². The summed E-state index contributed by atoms with van der Waals surface area (Å²) in [7, 11) is -1.26. The number of benzene rings is 1. The summed E-state index contributed by atoms with van der Waals surface area (Å²) >= 11 is 0. The molecular formula is C14H19NSi. The molecule has 84 valence electrons. The van der Waals surface area contributed by atoms with Crippen LogP contribution in [0.15, 0.2) is 35.3 Å². The van der Waals surface area contributed by atoms with Crippen LogP contribution in [0.2, 0.25) is 19.6 Å². The second-order valence-corrected chi connectivity index (χ2v) is 9.63. The molecule has 0 radical (unpaired) electrons. The number of nitrogens with zero attached hydrogens (tertiary/aromatic N) is 1. The fraction of sp³-hybridized carbons (Fsp3) is 0.357. The predicted octanol–water partition coefficient (Wildman–Crippen LogP) is 3.70. The van der Waals surface area contributed by atoms with Crippen molar-refractivity contribution >= 4 is 14.3 Å². The molecule has 0 saturated heterocycles. The van der Waals surface area contributed by atoms with E-state index in [1.54, 1.807) is 6.21 Å². The van der Waals surface area contributed by atoms with E-state index < -0.39 is 8.07 Å². The van der Waals surface area contributed by atoms with Gasteiger partial charge in [0.1, 0.15) is 8.07 Å². The minimum atomic E-state index is -1.26. The van der Waals surface area contributed by atoms with E-state index >= 15 is 0 Å². The van der Waals surface area contributed by atoms with E-state index in [0.29, 0.717) is 0 Å². The van der Waals surface area contributed by atoms with E-state index in [2.05, 4.69) is 55.2 Å². The van der Waals surface area contributed by atoms with Gasteiger partial charge < -0.3 is 0 Å². The van der Waals surface area contributed by atoms with Crippen molar-refractivity contribution in [1.82, 2.24) is 0 Å². The molecule has 0 N–H and O–H groups in total. The molecule has 0 aliphatic heterocycles. The van der Waals surface area contributed by atoms with Crippen molar-refractivity contribution in [3.8, 4) is 11.5 Å². The Morgan fingerprint density at radius 1 is 1.19 bits per heavy atom. The van der Waals surface area contributed by atoms with Crippen molar-refractivity contribution in [1.29, 1.82) is 0 Å². The van der Waals surface area contributed by atoms with Crippen LogP contribution in [0.5, 0.6) is 0 Å². The van der Waals surface area contributed by atoms with Crippen LogP contribution in [0.25, 0.3) is 0 Å². The number of aliphatic imine (C=N–C) groups is 1. The summed E-state index contributed by atoms with van der Waals surface area (Å²) in [5.74, 6) is 3.05. The minimum absolute atomic E-state index is 0.192. The quantitative estimate of drug-likeness (QED) is 0.416. The van der Waals surface area contributed by atoms with E-state index in [-0.39, 0.29) is 6.04 Å². The summed E-state index contributed by atoms with van der Waals surface area (Å²) in [6.45, 7) is 8.78. The van der Waals surface area contributed by atoms with E-state index in [0.717, 1.165) is 0 Å². The van der Waals surface area contributed by atoms with Crippen LogP contribution >= 0.6 is 0 Å². The fourth-order valence-corrected chi connectivity index (χ4v) is 1.71. The zero-order chi connectivity index (χ0) is 12.0. The minimum Gasteiger partial charge on any atom is -0.276 e. The summed E-state index contributed by atoms with van der Waals surface area (Å²) in [5, 5.41) is 0. The van der Waals surface area contributed by atoms with E-state index in [1.807, 2.05) is 18.2 Å². The van der Waals surface area contributed by atoms with Crippen LogP contribution in [0.1, 0.15) is 18.5 Å². The largest absolute Gasteiger partial charge is 0.276 e. The first-order valence-corrected chi connectivity index (χ1v) is 9.08. The van der Waals surface area contributed by atoms with Crippen LogP contribution in [0, 0.1) is 11.5 Å². The first-order valence-electron chi connectivity index (χ1n) is 5.58. The average molecular weight is 229 g/mol. The van der Waals surface area contributed by atoms with Crippen molar-refractivity contribution in [3.63, 3.8) is 0 Å². The Morgan fingerprint density at radius 2 is 1.81 bits per heavy atom. The maximum absolute atomic E-state index is 4.42. The summed E-state index contributed by atoms with van der Waals surface area (Å²) in [4.78, 5) is 4.42. The van der Waals surface area contributed by atoms with Gasteiger partial charge in [0.15, 0.2) is 0 Å². The van der Waals surface area contributed by atoms with Gasteiger partial charge in [-0.05, 0) is 12.5 Å². The highest BCUT2D eigenvalue weighted by molar-refractivity contribution is 6.84. The molecule has 0 spiro atoms. The lowest BCUT2D eigenvalue weighted by Crippen LogP contribution is -2.16. The van der Waals surface area contributed by atoms with Crippen molar-refractivity contribution in [3.05, 3.63) is 35.9 Å². The highest BCUT2D eigenvalue weighted by Gasteiger charge is 2.06. The molecule has 0 unspecified atom stereocenters. The van der Waals surface area contributed by atoms with E-state index in [4.69, 9.17) is 0 Å². The highest BCUT2D eigenvalue weighted by Crippen LogP contribution is 2.14. The van der Waals surface area contributed by atoms with Crippen molar-refractivity contribution in [2.24, 2.45) is 4.99 Å². The first kappa shape index (κ1) is 12.7. The van der Waals surface area contributed by atoms with Gasteiger partial charge in [0.25, 0.3) is 0 Å². The van der Waals surface area contributed by atoms with Crippen LogP contribution in [0.3, 0.4) is 0 Å². The topological polar surface area (TPSA) is 12.4 Å². The lowest BCUT2D eigenvalue weighted by Gasteiger charge is -2.04. The summed E-state index contributed by atoms with van der Waals surface area (Å²) in [6, 6.07) is 10.5. The van der Waals surface area contributed by atoms with E-state index in [9.17, 15) is 0 Å². The first-order chi connectivity index (χ1) is 7.49. The van der Waals surface area contributed by atoms with Gasteiger partial charge in [0.05, 0.1) is 12.3 Å². The molecule has 0 aliphatic rings. The predicted molar refractivity (Wildman–Crippen MR) is 74.5 cm³/mol. The standard InChI is InChI=1S/C14H19NSi/c1-13(14-9-6-5-7-10-14)15-11-8-12-16(2,3)4/h5-7,9-11,13H,1-4H3/t13-/m1/s1. The zero-order valence-electron chi connectivity index (χ0n) is 10.5. The molecule has 16 heavy (non-hydrogen) atoms. The normalized spacial score (nSPS) is 13.2. The second-order valence-electron chi connectivity index (χ2n) is 4.88. The third kappa shape index (κ3) is 4.95. The Kier molecular flexibility index (Phi) is 4.51. The SMILES string of the molecule is C[C@@H](N=CC#C[Si](C)(C)C)c1ccccc1. The monoisotopic (exact) mass is 229 g/mol. The summed E-state index contributed by atoms with van der Waals surface area (Å²) in [5.41, 5.74) is 4.50. The molecule has 1 nitrogen and oxygen atoms in total. The van der Waals surface area contributed by atoms with Gasteiger partial charge in [-0.3, -0.25) is 4.99 Å². The van der Waals surface area contributed by atoms with Crippen LogP contribution in [-0.4, -0.2) is 14.3 Å². The lowest BCUT2D eigenvalue weighted by atomic mass is 10.1. The molecule has 1 aromatic rings. The molecule has 1 rings (SSSR count). The number of hydrogen-bond acceptors (Lipinski definition) is 1. The molecule has 0 amide bonds. The third-order valence-electron chi connectivity index (χ3n) is 2.09. The lowest BCUT2D eigenvalue weighted by molar-refractivity contribution is 0.826. The molecule has 0 aromatic heterocycles. The molecule has 0 bridgehead atoms. The van der Waals surface area contributed by atoms with Crippen molar-refractivity contribution < 1.29 is 0 Å². The Morgan fingerprint density at radius 3 is 2.38 bits per heavy atom. The van der Waals surface area contributed by atoms with E-state index in [1.165, 1.54) is 5.56 Å². The molecule has 0 saturated carbocycles. The van der Waals surface area contributed by atoms with Crippen LogP contribution < -0.4 is 0 Å². The Bertz CT molecular complexity index is 404. The fourth-order valence-electron chi connectivity index (χ4n) is 1.22. The molecule has 0 fully saturated rings. The molecule has 1 aromatic carbocycles. The van der Waals surface area contributed by atoms with Gasteiger partial charge in [-0.15, -0.1) is 5.54 Å². The Hall–Kier alpha value is -1.33. The maximum atomic E-state index is 4.42. The molecule has 0 heterocycles. The smallest absolute Gasteiger partial charge is 0.129 e. The van der Waals surface area contributed by atoms with Gasteiger partial charge in [-0.1, -0.05) is 55.9 Å². The molecular weight excluding hydrogens is 210 g/mol. The Balaban J connectivity index is 2.61.